The summed E-state index contributed by atoms with van der Waals surface area (Å²) in [5.41, 5.74) is 6.72. The van der Waals surface area contributed by atoms with E-state index in [4.69, 9.17) is 10.8 Å². The van der Waals surface area contributed by atoms with Gasteiger partial charge in [0.15, 0.2) is 0 Å². The highest BCUT2D eigenvalue weighted by Crippen LogP contribution is 2.22. The van der Waals surface area contributed by atoms with Crippen LogP contribution in [0.3, 0.4) is 0 Å². The average Bonchev–Trinajstić information content (AvgIpc) is 2.36. The zero-order chi connectivity index (χ0) is 15.5. The van der Waals surface area contributed by atoms with Gasteiger partial charge in [0.1, 0.15) is 0 Å². The summed E-state index contributed by atoms with van der Waals surface area (Å²) in [6, 6.07) is 5.96. The molecule has 0 fully saturated rings. The van der Waals surface area contributed by atoms with Crippen molar-refractivity contribution in [2.24, 2.45) is 11.1 Å². The highest BCUT2D eigenvalue weighted by atomic mass is 16.4. The number of carboxylic acid groups (broad SMARTS) is 1. The molecule has 1 rings (SSSR count). The molecule has 3 N–H and O–H groups in total. The molecule has 0 aliphatic rings. The maximum absolute atomic E-state index is 12.1. The van der Waals surface area contributed by atoms with E-state index < -0.39 is 5.97 Å². The van der Waals surface area contributed by atoms with Gasteiger partial charge in [-0.1, -0.05) is 20.8 Å². The number of benzene rings is 1. The van der Waals surface area contributed by atoms with Crippen LogP contribution in [0.1, 0.15) is 37.6 Å². The van der Waals surface area contributed by atoms with Crippen LogP contribution < -0.4 is 10.6 Å². The third-order valence-corrected chi connectivity index (χ3v) is 3.38. The number of aromatic carboxylic acids is 1. The van der Waals surface area contributed by atoms with E-state index in [-0.39, 0.29) is 29.3 Å². The molecule has 5 nitrogen and oxygen atoms in total. The Balaban J connectivity index is 2.76. The summed E-state index contributed by atoms with van der Waals surface area (Å²) in [6.07, 6.45) is 0.251. The highest BCUT2D eigenvalue weighted by Gasteiger charge is 2.25. The molecule has 1 aromatic carbocycles. The van der Waals surface area contributed by atoms with Crippen molar-refractivity contribution in [2.75, 3.05) is 11.9 Å². The third kappa shape index (κ3) is 4.06. The second-order valence-corrected chi connectivity index (χ2v) is 5.98. The molecule has 1 unspecified atom stereocenters. The van der Waals surface area contributed by atoms with Crippen LogP contribution in [0.2, 0.25) is 0 Å². The second kappa shape index (κ2) is 6.05. The van der Waals surface area contributed by atoms with Crippen LogP contribution in [-0.2, 0) is 4.79 Å². The number of hydrogen-bond acceptors (Lipinski definition) is 3. The van der Waals surface area contributed by atoms with Gasteiger partial charge in [0.2, 0.25) is 5.91 Å². The first-order chi connectivity index (χ1) is 9.12. The van der Waals surface area contributed by atoms with E-state index in [1.54, 1.807) is 19.2 Å². The summed E-state index contributed by atoms with van der Waals surface area (Å²) in [5.74, 6) is -1.07. The van der Waals surface area contributed by atoms with Crippen LogP contribution in [0.25, 0.3) is 0 Å². The first kappa shape index (κ1) is 16.2. The average molecular weight is 278 g/mol. The summed E-state index contributed by atoms with van der Waals surface area (Å²) in [4.78, 5) is 24.4. The summed E-state index contributed by atoms with van der Waals surface area (Å²) in [6.45, 7) is 5.98. The number of carbonyl (C=O) groups excluding carboxylic acids is 1. The predicted octanol–water partition coefficient (Wildman–Crippen LogP) is 2.11. The normalized spacial score (nSPS) is 12.8. The van der Waals surface area contributed by atoms with Crippen LogP contribution in [0.15, 0.2) is 24.3 Å². The molecule has 1 aromatic rings. The molecule has 0 saturated carbocycles. The van der Waals surface area contributed by atoms with Crippen molar-refractivity contribution in [1.29, 1.82) is 0 Å². The Kier molecular flexibility index (Phi) is 4.89. The van der Waals surface area contributed by atoms with Gasteiger partial charge < -0.3 is 15.7 Å². The molecule has 0 aliphatic heterocycles. The fraction of sp³-hybridized carbons (Fsp3) is 0.467. The van der Waals surface area contributed by atoms with E-state index in [0.717, 1.165) is 0 Å². The maximum atomic E-state index is 12.1. The Morgan fingerprint density at radius 1 is 1.25 bits per heavy atom. The SMILES string of the molecule is CN(C(=O)CC(N)C(C)(C)C)c1ccc(C(=O)O)cc1. The minimum absolute atomic E-state index is 0.0875. The summed E-state index contributed by atoms with van der Waals surface area (Å²) >= 11 is 0. The first-order valence-electron chi connectivity index (χ1n) is 6.48. The second-order valence-electron chi connectivity index (χ2n) is 5.98. The van der Waals surface area contributed by atoms with Crippen molar-refractivity contribution >= 4 is 17.6 Å². The van der Waals surface area contributed by atoms with E-state index in [2.05, 4.69) is 0 Å². The molecular weight excluding hydrogens is 256 g/mol. The molecule has 1 amide bonds. The fourth-order valence-electron chi connectivity index (χ4n) is 1.60. The van der Waals surface area contributed by atoms with Crippen molar-refractivity contribution < 1.29 is 14.7 Å². The Labute approximate surface area is 119 Å². The molecule has 0 saturated heterocycles. The van der Waals surface area contributed by atoms with Gasteiger partial charge in [-0.2, -0.15) is 0 Å². The van der Waals surface area contributed by atoms with Gasteiger partial charge in [0.05, 0.1) is 5.56 Å². The lowest BCUT2D eigenvalue weighted by atomic mass is 9.85. The molecule has 5 heteroatoms. The molecule has 1 atom stereocenters. The van der Waals surface area contributed by atoms with Gasteiger partial charge in [-0.3, -0.25) is 4.79 Å². The molecule has 0 spiro atoms. The highest BCUT2D eigenvalue weighted by molar-refractivity contribution is 5.94. The van der Waals surface area contributed by atoms with Crippen molar-refractivity contribution in [3.63, 3.8) is 0 Å². The number of rotatable bonds is 4. The predicted molar refractivity (Wildman–Crippen MR) is 78.9 cm³/mol. The molecule has 0 radical (unpaired) electrons. The van der Waals surface area contributed by atoms with Gasteiger partial charge in [0, 0.05) is 25.2 Å². The maximum Gasteiger partial charge on any atom is 0.335 e. The molecule has 0 aliphatic carbocycles. The number of nitrogens with two attached hydrogens (primary N) is 1. The Morgan fingerprint density at radius 3 is 2.15 bits per heavy atom. The lowest BCUT2D eigenvalue weighted by Crippen LogP contribution is -2.40. The van der Waals surface area contributed by atoms with E-state index in [1.165, 1.54) is 17.0 Å². The molecule has 0 aromatic heterocycles. The topological polar surface area (TPSA) is 83.6 Å². The van der Waals surface area contributed by atoms with Gasteiger partial charge in [-0.25, -0.2) is 4.79 Å². The lowest BCUT2D eigenvalue weighted by Gasteiger charge is -2.28. The first-order valence-corrected chi connectivity index (χ1v) is 6.48. The van der Waals surface area contributed by atoms with Crippen LogP contribution in [-0.4, -0.2) is 30.1 Å². The van der Waals surface area contributed by atoms with Gasteiger partial charge in [-0.15, -0.1) is 0 Å². The van der Waals surface area contributed by atoms with E-state index in [9.17, 15) is 9.59 Å². The monoisotopic (exact) mass is 278 g/mol. The van der Waals surface area contributed by atoms with Crippen molar-refractivity contribution in [3.05, 3.63) is 29.8 Å². The minimum atomic E-state index is -0.986. The number of hydrogen-bond donors (Lipinski definition) is 2. The van der Waals surface area contributed by atoms with Gasteiger partial charge in [0.25, 0.3) is 0 Å². The van der Waals surface area contributed by atoms with Gasteiger partial charge in [-0.05, 0) is 29.7 Å². The van der Waals surface area contributed by atoms with Crippen molar-refractivity contribution in [1.82, 2.24) is 0 Å². The quantitative estimate of drug-likeness (QED) is 0.883. The number of nitrogens with zero attached hydrogens (tertiary/aromatic N) is 1. The smallest absolute Gasteiger partial charge is 0.335 e. The van der Waals surface area contributed by atoms with E-state index >= 15 is 0 Å². The third-order valence-electron chi connectivity index (χ3n) is 3.38. The van der Waals surface area contributed by atoms with Crippen LogP contribution in [0.4, 0.5) is 5.69 Å². The zero-order valence-electron chi connectivity index (χ0n) is 12.4. The van der Waals surface area contributed by atoms with Gasteiger partial charge >= 0.3 is 5.97 Å². The molecule has 0 heterocycles. The summed E-state index contributed by atoms with van der Waals surface area (Å²) in [5, 5.41) is 8.83. The Morgan fingerprint density at radius 2 is 1.75 bits per heavy atom. The standard InChI is InChI=1S/C15H22N2O3/c1-15(2,3)12(16)9-13(18)17(4)11-7-5-10(6-8-11)14(19)20/h5-8,12H,9,16H2,1-4H3,(H,19,20). The Bertz CT molecular complexity index is 489. The summed E-state index contributed by atoms with van der Waals surface area (Å²) < 4.78 is 0. The number of anilines is 1. The van der Waals surface area contributed by atoms with E-state index in [0.29, 0.717) is 5.69 Å². The lowest BCUT2D eigenvalue weighted by molar-refractivity contribution is -0.119. The largest absolute Gasteiger partial charge is 0.478 e. The molecule has 20 heavy (non-hydrogen) atoms. The summed E-state index contributed by atoms with van der Waals surface area (Å²) in [7, 11) is 1.66. The number of carboxylic acids is 1. The van der Waals surface area contributed by atoms with Crippen LogP contribution in [0, 0.1) is 5.41 Å². The number of carbonyl (C=O) groups is 2. The molecular formula is C15H22N2O3. The van der Waals surface area contributed by atoms with E-state index in [1.807, 2.05) is 20.8 Å². The molecule has 110 valence electrons. The number of amides is 1. The Hall–Kier alpha value is -1.88. The molecule has 0 bridgehead atoms. The van der Waals surface area contributed by atoms with Crippen LogP contribution in [0.5, 0.6) is 0 Å². The fourth-order valence-corrected chi connectivity index (χ4v) is 1.60. The van der Waals surface area contributed by atoms with Crippen LogP contribution >= 0.6 is 0 Å². The zero-order valence-corrected chi connectivity index (χ0v) is 12.4. The minimum Gasteiger partial charge on any atom is -0.478 e. The van der Waals surface area contributed by atoms with Crippen molar-refractivity contribution in [2.45, 2.75) is 33.2 Å². The van der Waals surface area contributed by atoms with Crippen molar-refractivity contribution in [3.8, 4) is 0 Å².